The minimum absolute atomic E-state index is 0.146. The smallest absolute Gasteiger partial charge is 0.322 e. The van der Waals surface area contributed by atoms with E-state index in [0.717, 1.165) is 16.8 Å². The number of hydrogen-bond acceptors (Lipinski definition) is 3. The Balaban J connectivity index is 1.65. The molecule has 0 saturated carbocycles. The second-order valence-electron chi connectivity index (χ2n) is 6.47. The van der Waals surface area contributed by atoms with Crippen LogP contribution < -0.4 is 10.2 Å². The van der Waals surface area contributed by atoms with Crippen molar-refractivity contribution in [3.05, 3.63) is 58.1 Å². The number of aryl methyl sites for hydroxylation is 2. The van der Waals surface area contributed by atoms with E-state index in [9.17, 15) is 10.1 Å². The summed E-state index contributed by atoms with van der Waals surface area (Å²) in [5.74, 6) is 0. The van der Waals surface area contributed by atoms with Crippen molar-refractivity contribution in [2.45, 2.75) is 13.8 Å². The van der Waals surface area contributed by atoms with Crippen LogP contribution in [0.15, 0.2) is 36.4 Å². The molecular formula is C20H21ClN4O. The van der Waals surface area contributed by atoms with Crippen LogP contribution in [0.1, 0.15) is 16.7 Å². The number of para-hydroxylation sites is 1. The molecule has 2 aromatic rings. The number of piperazine rings is 1. The molecule has 1 aliphatic heterocycles. The van der Waals surface area contributed by atoms with Gasteiger partial charge in [-0.05, 0) is 43.2 Å². The molecule has 0 bridgehead atoms. The third kappa shape index (κ3) is 3.76. The van der Waals surface area contributed by atoms with Gasteiger partial charge in [0.25, 0.3) is 0 Å². The Labute approximate surface area is 158 Å². The summed E-state index contributed by atoms with van der Waals surface area (Å²) in [4.78, 5) is 16.5. The van der Waals surface area contributed by atoms with Crippen LogP contribution in [0, 0.1) is 25.2 Å². The number of carbonyl (C=O) groups is 1. The van der Waals surface area contributed by atoms with Gasteiger partial charge >= 0.3 is 6.03 Å². The monoisotopic (exact) mass is 368 g/mol. The Morgan fingerprint density at radius 3 is 2.50 bits per heavy atom. The molecule has 0 atom stereocenters. The fourth-order valence-corrected chi connectivity index (χ4v) is 3.62. The first kappa shape index (κ1) is 18.1. The predicted octanol–water partition coefficient (Wildman–Crippen LogP) is 4.18. The third-order valence-corrected chi connectivity index (χ3v) is 4.89. The summed E-state index contributed by atoms with van der Waals surface area (Å²) in [7, 11) is 0. The zero-order valence-electron chi connectivity index (χ0n) is 14.9. The van der Waals surface area contributed by atoms with Crippen molar-refractivity contribution in [1.29, 1.82) is 5.26 Å². The normalized spacial score (nSPS) is 14.1. The second kappa shape index (κ2) is 7.67. The molecule has 0 aliphatic carbocycles. The van der Waals surface area contributed by atoms with Gasteiger partial charge in [-0.3, -0.25) is 0 Å². The highest BCUT2D eigenvalue weighted by Crippen LogP contribution is 2.28. The number of anilines is 2. The van der Waals surface area contributed by atoms with Crippen molar-refractivity contribution in [2.24, 2.45) is 0 Å². The summed E-state index contributed by atoms with van der Waals surface area (Å²) in [5.41, 5.74) is 4.26. The lowest BCUT2D eigenvalue weighted by atomic mass is 10.1. The van der Waals surface area contributed by atoms with Gasteiger partial charge in [-0.25, -0.2) is 4.79 Å². The van der Waals surface area contributed by atoms with E-state index in [0.29, 0.717) is 42.5 Å². The van der Waals surface area contributed by atoms with E-state index in [4.69, 9.17) is 11.6 Å². The van der Waals surface area contributed by atoms with Gasteiger partial charge in [-0.1, -0.05) is 29.8 Å². The minimum Gasteiger partial charge on any atom is -0.367 e. The largest absolute Gasteiger partial charge is 0.367 e. The Kier molecular flexibility index (Phi) is 5.34. The van der Waals surface area contributed by atoms with Gasteiger partial charge in [0.1, 0.15) is 6.07 Å². The van der Waals surface area contributed by atoms with Crippen LogP contribution in [0.5, 0.6) is 0 Å². The lowest BCUT2D eigenvalue weighted by molar-refractivity contribution is 0.208. The zero-order valence-corrected chi connectivity index (χ0v) is 15.7. The Hall–Kier alpha value is -2.71. The van der Waals surface area contributed by atoms with Crippen LogP contribution >= 0.6 is 11.6 Å². The average Bonchev–Trinajstić information content (AvgIpc) is 2.64. The molecule has 0 radical (unpaired) electrons. The van der Waals surface area contributed by atoms with Crippen LogP contribution in [0.25, 0.3) is 0 Å². The Bertz CT molecular complexity index is 843. The molecule has 5 nitrogen and oxygen atoms in total. The van der Waals surface area contributed by atoms with Crippen molar-refractivity contribution >= 4 is 29.0 Å². The SMILES string of the molecule is Cc1cc(C)c(NC(=O)N2CCN(c3ccccc3C#N)CC2)c(Cl)c1. The van der Waals surface area contributed by atoms with Crippen molar-refractivity contribution in [3.63, 3.8) is 0 Å². The number of hydrogen-bond donors (Lipinski definition) is 1. The van der Waals surface area contributed by atoms with E-state index in [1.54, 1.807) is 4.90 Å². The molecule has 134 valence electrons. The Morgan fingerprint density at radius 2 is 1.85 bits per heavy atom. The number of carbonyl (C=O) groups excluding carboxylic acids is 1. The Morgan fingerprint density at radius 1 is 1.15 bits per heavy atom. The highest BCUT2D eigenvalue weighted by atomic mass is 35.5. The van der Waals surface area contributed by atoms with Gasteiger partial charge < -0.3 is 15.1 Å². The van der Waals surface area contributed by atoms with Gasteiger partial charge in [-0.15, -0.1) is 0 Å². The number of urea groups is 1. The number of nitrogens with one attached hydrogen (secondary N) is 1. The maximum atomic E-state index is 12.6. The molecule has 0 unspecified atom stereocenters. The lowest BCUT2D eigenvalue weighted by Gasteiger charge is -2.36. The van der Waals surface area contributed by atoms with Crippen LogP contribution in [0.3, 0.4) is 0 Å². The van der Waals surface area contributed by atoms with Crippen LogP contribution in [0.4, 0.5) is 16.2 Å². The van der Waals surface area contributed by atoms with Crippen LogP contribution in [0.2, 0.25) is 5.02 Å². The van der Waals surface area contributed by atoms with Crippen molar-refractivity contribution in [1.82, 2.24) is 4.90 Å². The predicted molar refractivity (Wildman–Crippen MR) is 105 cm³/mol. The molecule has 1 saturated heterocycles. The number of amides is 2. The molecule has 0 spiro atoms. The van der Waals surface area contributed by atoms with E-state index in [1.165, 1.54) is 0 Å². The zero-order chi connectivity index (χ0) is 18.7. The molecule has 1 fully saturated rings. The quantitative estimate of drug-likeness (QED) is 0.864. The topological polar surface area (TPSA) is 59.4 Å². The fourth-order valence-electron chi connectivity index (χ4n) is 3.25. The number of rotatable bonds is 2. The first-order valence-corrected chi connectivity index (χ1v) is 8.94. The molecular weight excluding hydrogens is 348 g/mol. The maximum absolute atomic E-state index is 12.6. The first-order chi connectivity index (χ1) is 12.5. The van der Waals surface area contributed by atoms with Gasteiger partial charge in [0.15, 0.2) is 0 Å². The molecule has 0 aromatic heterocycles. The standard InChI is InChI=1S/C20H21ClN4O/c1-14-11-15(2)19(17(21)12-14)23-20(26)25-9-7-24(8-10-25)18-6-4-3-5-16(18)13-22/h3-6,11-12H,7-10H2,1-2H3,(H,23,26). The van der Waals surface area contributed by atoms with Gasteiger partial charge in [0, 0.05) is 26.2 Å². The van der Waals surface area contributed by atoms with Gasteiger partial charge in [-0.2, -0.15) is 5.26 Å². The van der Waals surface area contributed by atoms with E-state index in [1.807, 2.05) is 50.2 Å². The molecule has 1 aliphatic rings. The highest BCUT2D eigenvalue weighted by molar-refractivity contribution is 6.34. The van der Waals surface area contributed by atoms with Crippen molar-refractivity contribution in [2.75, 3.05) is 36.4 Å². The summed E-state index contributed by atoms with van der Waals surface area (Å²) in [6.07, 6.45) is 0. The number of halogens is 1. The summed E-state index contributed by atoms with van der Waals surface area (Å²) >= 11 is 6.28. The average molecular weight is 369 g/mol. The molecule has 1 N–H and O–H groups in total. The number of benzene rings is 2. The lowest BCUT2D eigenvalue weighted by Crippen LogP contribution is -2.50. The molecule has 2 aromatic carbocycles. The van der Waals surface area contributed by atoms with Crippen LogP contribution in [-0.2, 0) is 0 Å². The fraction of sp³-hybridized carbons (Fsp3) is 0.300. The molecule has 26 heavy (non-hydrogen) atoms. The summed E-state index contributed by atoms with van der Waals surface area (Å²) in [5, 5.41) is 12.8. The van der Waals surface area contributed by atoms with E-state index >= 15 is 0 Å². The van der Waals surface area contributed by atoms with E-state index in [2.05, 4.69) is 16.3 Å². The number of nitriles is 1. The molecule has 3 rings (SSSR count). The van der Waals surface area contributed by atoms with Crippen molar-refractivity contribution < 1.29 is 4.79 Å². The molecule has 1 heterocycles. The summed E-state index contributed by atoms with van der Waals surface area (Å²) in [6.45, 7) is 6.47. The van der Waals surface area contributed by atoms with Crippen molar-refractivity contribution in [3.8, 4) is 6.07 Å². The molecule has 2 amide bonds. The van der Waals surface area contributed by atoms with Gasteiger partial charge in [0.05, 0.1) is 22.0 Å². The van der Waals surface area contributed by atoms with Gasteiger partial charge in [0.2, 0.25) is 0 Å². The van der Waals surface area contributed by atoms with E-state index < -0.39 is 0 Å². The third-order valence-electron chi connectivity index (χ3n) is 4.60. The first-order valence-electron chi connectivity index (χ1n) is 8.56. The molecule has 6 heteroatoms. The van der Waals surface area contributed by atoms with E-state index in [-0.39, 0.29) is 6.03 Å². The summed E-state index contributed by atoms with van der Waals surface area (Å²) < 4.78 is 0. The highest BCUT2D eigenvalue weighted by Gasteiger charge is 2.23. The maximum Gasteiger partial charge on any atom is 0.322 e. The second-order valence-corrected chi connectivity index (χ2v) is 6.88. The number of nitrogens with zero attached hydrogens (tertiary/aromatic N) is 3. The summed E-state index contributed by atoms with van der Waals surface area (Å²) in [6, 6.07) is 13.5. The van der Waals surface area contributed by atoms with Crippen LogP contribution in [-0.4, -0.2) is 37.1 Å². The minimum atomic E-state index is -0.146.